The molecule has 0 saturated carbocycles. The Labute approximate surface area is 131 Å². The van der Waals surface area contributed by atoms with Gasteiger partial charge < -0.3 is 10.4 Å². The fourth-order valence-corrected chi connectivity index (χ4v) is 2.09. The first kappa shape index (κ1) is 15.4. The largest absolute Gasteiger partial charge is 0.478 e. The molecule has 0 aliphatic rings. The maximum Gasteiger partial charge on any atom is 0.335 e. The maximum atomic E-state index is 11.9. The molecular formula is C15H11Cl2NO3. The van der Waals surface area contributed by atoms with Gasteiger partial charge in [0.05, 0.1) is 22.7 Å². The van der Waals surface area contributed by atoms with E-state index < -0.39 is 5.97 Å². The fraction of sp³-hybridized carbons (Fsp3) is 0.0667. The summed E-state index contributed by atoms with van der Waals surface area (Å²) < 4.78 is 0. The Bertz CT molecular complexity index is 684. The van der Waals surface area contributed by atoms with Crippen LogP contribution in [-0.4, -0.2) is 17.0 Å². The molecule has 2 N–H and O–H groups in total. The quantitative estimate of drug-likeness (QED) is 0.897. The lowest BCUT2D eigenvalue weighted by molar-refractivity contribution is -0.115. The molecule has 0 aliphatic heterocycles. The van der Waals surface area contributed by atoms with Crippen molar-refractivity contribution >= 4 is 40.8 Å². The zero-order valence-corrected chi connectivity index (χ0v) is 12.3. The summed E-state index contributed by atoms with van der Waals surface area (Å²) in [5.74, 6) is -1.32. The first-order chi connectivity index (χ1) is 9.95. The van der Waals surface area contributed by atoms with Gasteiger partial charge in [0.2, 0.25) is 5.91 Å². The Morgan fingerprint density at radius 3 is 2.29 bits per heavy atom. The molecule has 0 saturated heterocycles. The van der Waals surface area contributed by atoms with Crippen molar-refractivity contribution in [2.24, 2.45) is 0 Å². The lowest BCUT2D eigenvalue weighted by Crippen LogP contribution is -2.14. The molecule has 0 bridgehead atoms. The van der Waals surface area contributed by atoms with Crippen LogP contribution in [0.15, 0.2) is 42.5 Å². The number of amides is 1. The molecule has 0 heterocycles. The molecule has 2 aromatic rings. The molecule has 4 nitrogen and oxygen atoms in total. The van der Waals surface area contributed by atoms with Crippen molar-refractivity contribution in [1.82, 2.24) is 0 Å². The van der Waals surface area contributed by atoms with E-state index in [1.807, 2.05) is 0 Å². The van der Waals surface area contributed by atoms with Crippen LogP contribution in [0.2, 0.25) is 10.0 Å². The summed E-state index contributed by atoms with van der Waals surface area (Å²) in [5.41, 5.74) is 1.26. The number of anilines is 1. The topological polar surface area (TPSA) is 66.4 Å². The standard InChI is InChI=1S/C15H11Cl2NO3/c16-11-4-1-9(2-5-11)7-14(19)18-13-6-3-10(15(20)21)8-12(13)17/h1-6,8H,7H2,(H,18,19)(H,20,21). The molecule has 1 amide bonds. The van der Waals surface area contributed by atoms with Gasteiger partial charge in [0.1, 0.15) is 0 Å². The Morgan fingerprint density at radius 2 is 1.71 bits per heavy atom. The van der Waals surface area contributed by atoms with Crippen molar-refractivity contribution in [2.75, 3.05) is 5.32 Å². The third-order valence-electron chi connectivity index (χ3n) is 2.77. The van der Waals surface area contributed by atoms with Crippen LogP contribution in [0.4, 0.5) is 5.69 Å². The number of carboxylic acid groups (broad SMARTS) is 1. The molecular weight excluding hydrogens is 313 g/mol. The Hall–Kier alpha value is -2.04. The number of carbonyl (C=O) groups is 2. The minimum absolute atomic E-state index is 0.0655. The van der Waals surface area contributed by atoms with E-state index >= 15 is 0 Å². The summed E-state index contributed by atoms with van der Waals surface area (Å²) in [6, 6.07) is 11.1. The number of halogens is 2. The highest BCUT2D eigenvalue weighted by Gasteiger charge is 2.10. The minimum Gasteiger partial charge on any atom is -0.478 e. The predicted octanol–water partition coefficient (Wildman–Crippen LogP) is 3.87. The second kappa shape index (κ2) is 6.61. The molecule has 0 fully saturated rings. The van der Waals surface area contributed by atoms with Crippen LogP contribution in [0.25, 0.3) is 0 Å². The van der Waals surface area contributed by atoms with E-state index in [9.17, 15) is 9.59 Å². The second-order valence-corrected chi connectivity index (χ2v) is 5.19. The third kappa shape index (κ3) is 4.21. The summed E-state index contributed by atoms with van der Waals surface area (Å²) in [5, 5.41) is 12.3. The highest BCUT2D eigenvalue weighted by atomic mass is 35.5. The van der Waals surface area contributed by atoms with E-state index in [1.165, 1.54) is 18.2 Å². The highest BCUT2D eigenvalue weighted by Crippen LogP contribution is 2.23. The molecule has 2 aromatic carbocycles. The van der Waals surface area contributed by atoms with Gasteiger partial charge >= 0.3 is 5.97 Å². The van der Waals surface area contributed by atoms with Gasteiger partial charge in [0.25, 0.3) is 0 Å². The van der Waals surface area contributed by atoms with Gasteiger partial charge in [0.15, 0.2) is 0 Å². The first-order valence-corrected chi connectivity index (χ1v) is 6.78. The average Bonchev–Trinajstić information content (AvgIpc) is 2.43. The summed E-state index contributed by atoms with van der Waals surface area (Å²) in [6.45, 7) is 0. The van der Waals surface area contributed by atoms with Gasteiger partial charge in [-0.2, -0.15) is 0 Å². The van der Waals surface area contributed by atoms with E-state index in [-0.39, 0.29) is 22.9 Å². The van der Waals surface area contributed by atoms with Gasteiger partial charge in [-0.3, -0.25) is 4.79 Å². The lowest BCUT2D eigenvalue weighted by atomic mass is 10.1. The smallest absolute Gasteiger partial charge is 0.335 e. The van der Waals surface area contributed by atoms with Crippen molar-refractivity contribution in [2.45, 2.75) is 6.42 Å². The fourth-order valence-electron chi connectivity index (χ4n) is 1.73. The Kier molecular flexibility index (Phi) is 4.83. The van der Waals surface area contributed by atoms with Crippen LogP contribution in [0, 0.1) is 0 Å². The zero-order chi connectivity index (χ0) is 15.4. The van der Waals surface area contributed by atoms with Crippen molar-refractivity contribution in [3.63, 3.8) is 0 Å². The van der Waals surface area contributed by atoms with Crippen molar-refractivity contribution in [3.05, 3.63) is 63.6 Å². The number of carbonyl (C=O) groups excluding carboxylic acids is 1. The number of carboxylic acids is 1. The predicted molar refractivity (Wildman–Crippen MR) is 82.2 cm³/mol. The number of benzene rings is 2. The normalized spacial score (nSPS) is 10.2. The monoisotopic (exact) mass is 323 g/mol. The van der Waals surface area contributed by atoms with Gasteiger partial charge in [-0.25, -0.2) is 4.79 Å². The van der Waals surface area contributed by atoms with Crippen LogP contribution in [0.1, 0.15) is 15.9 Å². The van der Waals surface area contributed by atoms with Crippen molar-refractivity contribution in [3.8, 4) is 0 Å². The number of rotatable bonds is 4. The molecule has 0 radical (unpaired) electrons. The van der Waals surface area contributed by atoms with Crippen LogP contribution < -0.4 is 5.32 Å². The van der Waals surface area contributed by atoms with Gasteiger partial charge in [-0.15, -0.1) is 0 Å². The molecule has 0 aliphatic carbocycles. The average molecular weight is 324 g/mol. The summed E-state index contributed by atoms with van der Waals surface area (Å²) >= 11 is 11.7. The van der Waals surface area contributed by atoms with E-state index in [4.69, 9.17) is 28.3 Å². The Morgan fingerprint density at radius 1 is 1.05 bits per heavy atom. The van der Waals surface area contributed by atoms with E-state index in [1.54, 1.807) is 24.3 Å². The summed E-state index contributed by atoms with van der Waals surface area (Å²) in [6.07, 6.45) is 0.175. The summed E-state index contributed by atoms with van der Waals surface area (Å²) in [7, 11) is 0. The van der Waals surface area contributed by atoms with Crippen LogP contribution in [-0.2, 0) is 11.2 Å². The molecule has 108 valence electrons. The van der Waals surface area contributed by atoms with Crippen LogP contribution >= 0.6 is 23.2 Å². The molecule has 0 spiro atoms. The van der Waals surface area contributed by atoms with E-state index in [2.05, 4.69) is 5.32 Å². The highest BCUT2D eigenvalue weighted by molar-refractivity contribution is 6.34. The minimum atomic E-state index is -1.07. The maximum absolute atomic E-state index is 11.9. The van der Waals surface area contributed by atoms with Gasteiger partial charge in [0, 0.05) is 5.02 Å². The molecule has 6 heteroatoms. The van der Waals surface area contributed by atoms with Gasteiger partial charge in [-0.05, 0) is 35.9 Å². The number of hydrogen-bond donors (Lipinski definition) is 2. The number of hydrogen-bond acceptors (Lipinski definition) is 2. The first-order valence-electron chi connectivity index (χ1n) is 6.03. The van der Waals surface area contributed by atoms with E-state index in [0.717, 1.165) is 5.56 Å². The van der Waals surface area contributed by atoms with Crippen LogP contribution in [0.5, 0.6) is 0 Å². The van der Waals surface area contributed by atoms with Crippen molar-refractivity contribution < 1.29 is 14.7 Å². The number of nitrogens with one attached hydrogen (secondary N) is 1. The van der Waals surface area contributed by atoms with Crippen molar-refractivity contribution in [1.29, 1.82) is 0 Å². The molecule has 0 atom stereocenters. The molecule has 21 heavy (non-hydrogen) atoms. The molecule has 2 rings (SSSR count). The SMILES string of the molecule is O=C(Cc1ccc(Cl)cc1)Nc1ccc(C(=O)O)cc1Cl. The second-order valence-electron chi connectivity index (χ2n) is 4.35. The lowest BCUT2D eigenvalue weighted by Gasteiger charge is -2.08. The van der Waals surface area contributed by atoms with Gasteiger partial charge in [-0.1, -0.05) is 35.3 Å². The third-order valence-corrected chi connectivity index (χ3v) is 3.33. The zero-order valence-electron chi connectivity index (χ0n) is 10.8. The summed E-state index contributed by atoms with van der Waals surface area (Å²) in [4.78, 5) is 22.7. The van der Waals surface area contributed by atoms with Crippen LogP contribution in [0.3, 0.4) is 0 Å². The molecule has 0 unspecified atom stereocenters. The van der Waals surface area contributed by atoms with E-state index in [0.29, 0.717) is 10.7 Å². The molecule has 0 aromatic heterocycles. The Balaban J connectivity index is 2.06. The number of aromatic carboxylic acids is 1.